The van der Waals surface area contributed by atoms with Crippen LogP contribution in [0.3, 0.4) is 0 Å². The van der Waals surface area contributed by atoms with Gasteiger partial charge in [0.25, 0.3) is 5.91 Å². The molecule has 132 valence electrons. The standard InChI is InChI=1S/C19H16N2O4S/c1-11(19(24)25)21-18(23)16-17(22)15-8-7-14(9-12(15)10-20-16)26-13-5-3-2-4-6-13/h2-11,22H,1H3,(H,21,23)(H,24,25). The third kappa shape index (κ3) is 3.78. The van der Waals surface area contributed by atoms with Crippen LogP contribution in [0.1, 0.15) is 17.4 Å². The Morgan fingerprint density at radius 1 is 1.12 bits per heavy atom. The number of nitrogens with zero attached hydrogens (tertiary/aromatic N) is 1. The number of benzene rings is 2. The smallest absolute Gasteiger partial charge is 0.325 e. The molecular weight excluding hydrogens is 352 g/mol. The van der Waals surface area contributed by atoms with Crippen molar-refractivity contribution < 1.29 is 19.8 Å². The minimum Gasteiger partial charge on any atom is -0.505 e. The number of hydrogen-bond acceptors (Lipinski definition) is 5. The molecule has 1 amide bonds. The van der Waals surface area contributed by atoms with E-state index in [9.17, 15) is 14.7 Å². The van der Waals surface area contributed by atoms with E-state index in [2.05, 4.69) is 10.3 Å². The summed E-state index contributed by atoms with van der Waals surface area (Å²) in [5, 5.41) is 22.7. The van der Waals surface area contributed by atoms with Crippen molar-refractivity contribution in [2.24, 2.45) is 0 Å². The Morgan fingerprint density at radius 3 is 2.54 bits per heavy atom. The number of aliphatic carboxylic acids is 1. The summed E-state index contributed by atoms with van der Waals surface area (Å²) in [5.74, 6) is -2.17. The summed E-state index contributed by atoms with van der Waals surface area (Å²) in [6.45, 7) is 1.34. The van der Waals surface area contributed by atoms with Crippen molar-refractivity contribution in [2.45, 2.75) is 22.8 Å². The molecule has 6 nitrogen and oxygen atoms in total. The molecule has 3 N–H and O–H groups in total. The average molecular weight is 368 g/mol. The fraction of sp³-hybridized carbons (Fsp3) is 0.105. The predicted octanol–water partition coefficient (Wildman–Crippen LogP) is 3.29. The van der Waals surface area contributed by atoms with Crippen molar-refractivity contribution in [2.75, 3.05) is 0 Å². The van der Waals surface area contributed by atoms with Crippen LogP contribution in [0.15, 0.2) is 64.5 Å². The van der Waals surface area contributed by atoms with Crippen LogP contribution >= 0.6 is 11.8 Å². The van der Waals surface area contributed by atoms with E-state index in [0.717, 1.165) is 9.79 Å². The van der Waals surface area contributed by atoms with Gasteiger partial charge in [-0.3, -0.25) is 9.59 Å². The highest BCUT2D eigenvalue weighted by Gasteiger charge is 2.20. The van der Waals surface area contributed by atoms with Crippen LogP contribution in [0.4, 0.5) is 0 Å². The molecule has 0 aliphatic heterocycles. The first-order valence-electron chi connectivity index (χ1n) is 7.84. The van der Waals surface area contributed by atoms with Crippen molar-refractivity contribution in [1.82, 2.24) is 10.3 Å². The van der Waals surface area contributed by atoms with E-state index in [1.165, 1.54) is 13.1 Å². The maximum absolute atomic E-state index is 12.1. The van der Waals surface area contributed by atoms with Crippen molar-refractivity contribution in [3.05, 3.63) is 60.4 Å². The zero-order valence-electron chi connectivity index (χ0n) is 13.8. The summed E-state index contributed by atoms with van der Waals surface area (Å²) in [5.41, 5.74) is -0.200. The van der Waals surface area contributed by atoms with Crippen molar-refractivity contribution in [3.63, 3.8) is 0 Å². The fourth-order valence-electron chi connectivity index (χ4n) is 2.37. The molecule has 0 fully saturated rings. The van der Waals surface area contributed by atoms with Gasteiger partial charge in [-0.1, -0.05) is 30.0 Å². The number of carboxylic acid groups (broad SMARTS) is 1. The largest absolute Gasteiger partial charge is 0.505 e. The highest BCUT2D eigenvalue weighted by atomic mass is 32.2. The number of amides is 1. The molecule has 1 aromatic heterocycles. The summed E-state index contributed by atoms with van der Waals surface area (Å²) in [6.07, 6.45) is 1.49. The lowest BCUT2D eigenvalue weighted by Gasteiger charge is -2.11. The molecule has 0 radical (unpaired) electrons. The molecule has 3 aromatic rings. The van der Waals surface area contributed by atoms with Gasteiger partial charge in [-0.2, -0.15) is 0 Å². The number of fused-ring (bicyclic) bond motifs is 1. The van der Waals surface area contributed by atoms with Gasteiger partial charge in [-0.15, -0.1) is 0 Å². The molecule has 3 rings (SSSR count). The van der Waals surface area contributed by atoms with Gasteiger partial charge in [0.05, 0.1) is 0 Å². The maximum atomic E-state index is 12.1. The van der Waals surface area contributed by atoms with E-state index in [1.54, 1.807) is 17.8 Å². The second kappa shape index (κ2) is 7.45. The number of aromatic nitrogens is 1. The summed E-state index contributed by atoms with van der Waals surface area (Å²) in [4.78, 5) is 29.0. The molecule has 0 bridgehead atoms. The highest BCUT2D eigenvalue weighted by Crippen LogP contribution is 2.33. The summed E-state index contributed by atoms with van der Waals surface area (Å²) >= 11 is 1.58. The summed E-state index contributed by atoms with van der Waals surface area (Å²) < 4.78 is 0. The molecule has 0 aliphatic carbocycles. The number of rotatable bonds is 5. The molecular formula is C19H16N2O4S. The number of carbonyl (C=O) groups is 2. The number of pyridine rings is 1. The quantitative estimate of drug-likeness (QED) is 0.639. The highest BCUT2D eigenvalue weighted by molar-refractivity contribution is 7.99. The minimum absolute atomic E-state index is 0.200. The third-order valence-corrected chi connectivity index (χ3v) is 4.74. The molecule has 1 unspecified atom stereocenters. The second-order valence-corrected chi connectivity index (χ2v) is 6.80. The Balaban J connectivity index is 1.89. The number of aromatic hydroxyl groups is 1. The van der Waals surface area contributed by atoms with Crippen molar-refractivity contribution in [1.29, 1.82) is 0 Å². The van der Waals surface area contributed by atoms with E-state index in [4.69, 9.17) is 5.11 Å². The Bertz CT molecular complexity index is 976. The Kier molecular flexibility index (Phi) is 5.09. The fourth-order valence-corrected chi connectivity index (χ4v) is 3.25. The number of hydrogen-bond donors (Lipinski definition) is 3. The van der Waals surface area contributed by atoms with Crippen molar-refractivity contribution in [3.8, 4) is 5.75 Å². The van der Waals surface area contributed by atoms with E-state index in [0.29, 0.717) is 10.8 Å². The lowest BCUT2D eigenvalue weighted by atomic mass is 10.1. The topological polar surface area (TPSA) is 99.5 Å². The number of carboxylic acids is 1. The zero-order valence-corrected chi connectivity index (χ0v) is 14.7. The zero-order chi connectivity index (χ0) is 18.7. The van der Waals surface area contributed by atoms with Crippen molar-refractivity contribution >= 4 is 34.4 Å². The Labute approximate surface area is 153 Å². The van der Waals surface area contributed by atoms with Gasteiger partial charge >= 0.3 is 5.97 Å². The molecule has 2 aromatic carbocycles. The maximum Gasteiger partial charge on any atom is 0.325 e. The normalized spacial score (nSPS) is 11.9. The number of carbonyl (C=O) groups excluding carboxylic acids is 1. The first-order chi connectivity index (χ1) is 12.5. The van der Waals surface area contributed by atoms with Gasteiger partial charge in [0.2, 0.25) is 0 Å². The van der Waals surface area contributed by atoms with E-state index < -0.39 is 17.9 Å². The first-order valence-corrected chi connectivity index (χ1v) is 8.65. The van der Waals surface area contributed by atoms with Crippen LogP contribution in [0, 0.1) is 0 Å². The molecule has 7 heteroatoms. The van der Waals surface area contributed by atoms with Crippen LogP contribution in [-0.4, -0.2) is 33.1 Å². The lowest BCUT2D eigenvalue weighted by molar-refractivity contribution is -0.138. The monoisotopic (exact) mass is 368 g/mol. The average Bonchev–Trinajstić information content (AvgIpc) is 2.62. The van der Waals surface area contributed by atoms with Crippen LogP contribution in [0.25, 0.3) is 10.8 Å². The van der Waals surface area contributed by atoms with Crippen LogP contribution in [0.5, 0.6) is 5.75 Å². The van der Waals surface area contributed by atoms with Crippen LogP contribution in [0.2, 0.25) is 0 Å². The minimum atomic E-state index is -1.17. The molecule has 0 spiro atoms. The van der Waals surface area contributed by atoms with Gasteiger partial charge in [-0.05, 0) is 37.3 Å². The van der Waals surface area contributed by atoms with E-state index in [-0.39, 0.29) is 11.4 Å². The molecule has 0 saturated heterocycles. The van der Waals surface area contributed by atoms with Gasteiger partial charge in [0, 0.05) is 26.8 Å². The third-order valence-electron chi connectivity index (χ3n) is 3.75. The number of nitrogens with one attached hydrogen (secondary N) is 1. The van der Waals surface area contributed by atoms with Gasteiger partial charge in [0.1, 0.15) is 6.04 Å². The Morgan fingerprint density at radius 2 is 1.85 bits per heavy atom. The SMILES string of the molecule is CC(NC(=O)c1ncc2cc(Sc3ccccc3)ccc2c1O)C(=O)O. The van der Waals surface area contributed by atoms with E-state index in [1.807, 2.05) is 42.5 Å². The van der Waals surface area contributed by atoms with Crippen LogP contribution < -0.4 is 5.32 Å². The van der Waals surface area contributed by atoms with Crippen LogP contribution in [-0.2, 0) is 4.79 Å². The lowest BCUT2D eigenvalue weighted by Crippen LogP contribution is -2.38. The van der Waals surface area contributed by atoms with Gasteiger partial charge in [-0.25, -0.2) is 4.98 Å². The Hall–Kier alpha value is -3.06. The molecule has 0 saturated carbocycles. The predicted molar refractivity (Wildman–Crippen MR) is 98.5 cm³/mol. The summed E-state index contributed by atoms with van der Waals surface area (Å²) in [6, 6.07) is 14.2. The second-order valence-electron chi connectivity index (χ2n) is 5.65. The molecule has 1 atom stereocenters. The van der Waals surface area contributed by atoms with Gasteiger partial charge in [0.15, 0.2) is 11.4 Å². The molecule has 1 heterocycles. The van der Waals surface area contributed by atoms with E-state index >= 15 is 0 Å². The molecule has 26 heavy (non-hydrogen) atoms. The molecule has 0 aliphatic rings. The first kappa shape index (κ1) is 17.8. The van der Waals surface area contributed by atoms with Gasteiger partial charge < -0.3 is 15.5 Å². The summed E-state index contributed by atoms with van der Waals surface area (Å²) in [7, 11) is 0.